The second-order valence-electron chi connectivity index (χ2n) is 5.26. The van der Waals surface area contributed by atoms with Gasteiger partial charge >= 0.3 is 0 Å². The normalized spacial score (nSPS) is 11.2. The average molecular weight is 365 g/mol. The van der Waals surface area contributed by atoms with Crippen LogP contribution in [0.2, 0.25) is 0 Å². The van der Waals surface area contributed by atoms with E-state index in [9.17, 15) is 12.8 Å². The Hall–Kier alpha value is -2.52. The summed E-state index contributed by atoms with van der Waals surface area (Å²) in [7, 11) is -2.62. The van der Waals surface area contributed by atoms with Gasteiger partial charge in [-0.15, -0.1) is 6.58 Å². The van der Waals surface area contributed by atoms with Crippen molar-refractivity contribution in [2.24, 2.45) is 0 Å². The number of aromatic nitrogens is 2. The van der Waals surface area contributed by atoms with Gasteiger partial charge in [-0.3, -0.25) is 9.71 Å². The SMILES string of the molecule is C=CCNc1cncc(Cc2ccnc(NS(=O)(=O)NC)c2F)c1C. The first kappa shape index (κ1) is 18.8. The third-order valence-corrected chi connectivity index (χ3v) is 4.61. The molecule has 2 rings (SSSR count). The van der Waals surface area contributed by atoms with Gasteiger partial charge in [0, 0.05) is 32.4 Å². The molecule has 0 saturated heterocycles. The van der Waals surface area contributed by atoms with Crippen LogP contribution in [0.5, 0.6) is 0 Å². The van der Waals surface area contributed by atoms with Gasteiger partial charge in [0.25, 0.3) is 10.2 Å². The number of halogens is 1. The van der Waals surface area contributed by atoms with Crippen molar-refractivity contribution in [1.82, 2.24) is 14.7 Å². The maximum atomic E-state index is 14.6. The van der Waals surface area contributed by atoms with Crippen LogP contribution in [-0.4, -0.2) is 32.0 Å². The van der Waals surface area contributed by atoms with Crippen LogP contribution in [0.15, 0.2) is 37.3 Å². The predicted molar refractivity (Wildman–Crippen MR) is 96.3 cm³/mol. The van der Waals surface area contributed by atoms with E-state index < -0.39 is 16.0 Å². The van der Waals surface area contributed by atoms with Crippen LogP contribution in [0.3, 0.4) is 0 Å². The third kappa shape index (κ3) is 4.74. The number of pyridine rings is 2. The molecule has 2 heterocycles. The quantitative estimate of drug-likeness (QED) is 0.622. The molecule has 0 aliphatic heterocycles. The minimum Gasteiger partial charge on any atom is -0.380 e. The molecule has 134 valence electrons. The van der Waals surface area contributed by atoms with E-state index in [4.69, 9.17) is 0 Å². The highest BCUT2D eigenvalue weighted by Crippen LogP contribution is 2.23. The molecule has 9 heteroatoms. The van der Waals surface area contributed by atoms with Crippen molar-refractivity contribution < 1.29 is 12.8 Å². The number of anilines is 2. The van der Waals surface area contributed by atoms with Gasteiger partial charge in [-0.1, -0.05) is 6.08 Å². The van der Waals surface area contributed by atoms with Crippen molar-refractivity contribution in [1.29, 1.82) is 0 Å². The third-order valence-electron chi connectivity index (χ3n) is 3.61. The van der Waals surface area contributed by atoms with E-state index in [-0.39, 0.29) is 12.2 Å². The smallest absolute Gasteiger partial charge is 0.300 e. The first-order chi connectivity index (χ1) is 11.9. The Labute approximate surface area is 146 Å². The fourth-order valence-corrected chi connectivity index (χ4v) is 2.68. The van der Waals surface area contributed by atoms with Crippen molar-refractivity contribution in [3.05, 3.63) is 59.8 Å². The van der Waals surface area contributed by atoms with Gasteiger partial charge in [0.1, 0.15) is 0 Å². The number of nitrogens with zero attached hydrogens (tertiary/aromatic N) is 2. The van der Waals surface area contributed by atoms with E-state index in [1.807, 2.05) is 6.92 Å². The summed E-state index contributed by atoms with van der Waals surface area (Å²) >= 11 is 0. The number of nitrogens with one attached hydrogen (secondary N) is 3. The maximum Gasteiger partial charge on any atom is 0.300 e. The molecule has 0 aliphatic carbocycles. The van der Waals surface area contributed by atoms with Gasteiger partial charge in [-0.25, -0.2) is 14.1 Å². The molecule has 2 aromatic rings. The Bertz CT molecular complexity index is 871. The second kappa shape index (κ2) is 8.04. The molecule has 7 nitrogen and oxygen atoms in total. The summed E-state index contributed by atoms with van der Waals surface area (Å²) in [5.41, 5.74) is 2.91. The zero-order valence-electron chi connectivity index (χ0n) is 14.0. The van der Waals surface area contributed by atoms with Gasteiger partial charge < -0.3 is 5.32 Å². The lowest BCUT2D eigenvalue weighted by Gasteiger charge is -2.13. The molecule has 0 bridgehead atoms. The molecule has 2 aromatic heterocycles. The average Bonchev–Trinajstić information content (AvgIpc) is 2.59. The van der Waals surface area contributed by atoms with Crippen LogP contribution in [0.1, 0.15) is 16.7 Å². The van der Waals surface area contributed by atoms with Gasteiger partial charge in [0.05, 0.1) is 11.9 Å². The zero-order chi connectivity index (χ0) is 18.4. The summed E-state index contributed by atoms with van der Waals surface area (Å²) in [6, 6.07) is 1.51. The van der Waals surface area contributed by atoms with Crippen LogP contribution in [0.25, 0.3) is 0 Å². The van der Waals surface area contributed by atoms with Crippen molar-refractivity contribution in [2.45, 2.75) is 13.3 Å². The monoisotopic (exact) mass is 365 g/mol. The highest BCUT2D eigenvalue weighted by atomic mass is 32.2. The lowest BCUT2D eigenvalue weighted by atomic mass is 10.0. The molecule has 0 unspecified atom stereocenters. The minimum atomic E-state index is -3.84. The maximum absolute atomic E-state index is 14.6. The van der Waals surface area contributed by atoms with Crippen molar-refractivity contribution in [3.8, 4) is 0 Å². The predicted octanol–water partition coefficient (Wildman–Crippen LogP) is 1.99. The van der Waals surface area contributed by atoms with Crippen molar-refractivity contribution >= 4 is 21.7 Å². The molecule has 0 aromatic carbocycles. The molecule has 0 radical (unpaired) electrons. The standard InChI is InChI=1S/C16H20FN5O2S/c1-4-6-20-14-10-19-9-13(11(14)2)8-12-5-7-21-16(15(12)17)22-25(23,24)18-3/h4-5,7,9-10,18,20H,1,6,8H2,2-3H3,(H,21,22). The van der Waals surface area contributed by atoms with Gasteiger partial charge in [0.15, 0.2) is 11.6 Å². The van der Waals surface area contributed by atoms with Crippen LogP contribution in [0, 0.1) is 12.7 Å². The van der Waals surface area contributed by atoms with E-state index in [1.54, 1.807) is 18.5 Å². The summed E-state index contributed by atoms with van der Waals surface area (Å²) in [5, 5.41) is 3.17. The Morgan fingerprint density at radius 2 is 2.08 bits per heavy atom. The first-order valence-corrected chi connectivity index (χ1v) is 8.99. The highest BCUT2D eigenvalue weighted by molar-refractivity contribution is 7.90. The van der Waals surface area contributed by atoms with E-state index in [1.165, 1.54) is 19.3 Å². The Morgan fingerprint density at radius 3 is 2.76 bits per heavy atom. The first-order valence-electron chi connectivity index (χ1n) is 7.51. The largest absolute Gasteiger partial charge is 0.380 e. The van der Waals surface area contributed by atoms with Gasteiger partial charge in [0.2, 0.25) is 0 Å². The molecule has 3 N–H and O–H groups in total. The van der Waals surface area contributed by atoms with E-state index in [2.05, 4.69) is 31.3 Å². The van der Waals surface area contributed by atoms with E-state index in [0.717, 1.165) is 16.8 Å². The molecule has 0 fully saturated rings. The summed E-state index contributed by atoms with van der Waals surface area (Å²) in [6.07, 6.45) is 6.69. The lowest BCUT2D eigenvalue weighted by Crippen LogP contribution is -2.27. The second-order valence-corrected chi connectivity index (χ2v) is 6.88. The number of hydrogen-bond donors (Lipinski definition) is 3. The number of hydrogen-bond acceptors (Lipinski definition) is 5. The van der Waals surface area contributed by atoms with Crippen LogP contribution < -0.4 is 14.8 Å². The molecule has 0 atom stereocenters. The Morgan fingerprint density at radius 1 is 1.32 bits per heavy atom. The van der Waals surface area contributed by atoms with Gasteiger partial charge in [-0.2, -0.15) is 8.42 Å². The minimum absolute atomic E-state index is 0.255. The Kier molecular flexibility index (Phi) is 6.05. The van der Waals surface area contributed by atoms with E-state index >= 15 is 0 Å². The topological polar surface area (TPSA) is 96.0 Å². The fraction of sp³-hybridized carbons (Fsp3) is 0.250. The summed E-state index contributed by atoms with van der Waals surface area (Å²) in [4.78, 5) is 7.91. The van der Waals surface area contributed by atoms with Crippen molar-refractivity contribution in [2.75, 3.05) is 23.6 Å². The van der Waals surface area contributed by atoms with Crippen LogP contribution in [0.4, 0.5) is 15.9 Å². The summed E-state index contributed by atoms with van der Waals surface area (Å²) < 4.78 is 41.8. The summed E-state index contributed by atoms with van der Waals surface area (Å²) in [5.74, 6) is -1.07. The fourth-order valence-electron chi connectivity index (χ4n) is 2.18. The Balaban J connectivity index is 2.31. The summed E-state index contributed by atoms with van der Waals surface area (Å²) in [6.45, 7) is 6.15. The van der Waals surface area contributed by atoms with Gasteiger partial charge in [-0.05, 0) is 29.7 Å². The molecular weight excluding hydrogens is 345 g/mol. The highest BCUT2D eigenvalue weighted by Gasteiger charge is 2.16. The lowest BCUT2D eigenvalue weighted by molar-refractivity contribution is 0.589. The molecule has 0 spiro atoms. The molecule has 0 saturated carbocycles. The number of rotatable bonds is 8. The van der Waals surface area contributed by atoms with Crippen molar-refractivity contribution in [3.63, 3.8) is 0 Å². The molecule has 25 heavy (non-hydrogen) atoms. The van der Waals surface area contributed by atoms with Crippen LogP contribution >= 0.6 is 0 Å². The molecular formula is C16H20FN5O2S. The molecule has 0 aliphatic rings. The van der Waals surface area contributed by atoms with E-state index in [0.29, 0.717) is 12.1 Å². The zero-order valence-corrected chi connectivity index (χ0v) is 14.8. The molecule has 0 amide bonds. The van der Waals surface area contributed by atoms with Crippen LogP contribution in [-0.2, 0) is 16.6 Å².